The fourth-order valence-electron chi connectivity index (χ4n) is 2.25. The van der Waals surface area contributed by atoms with Gasteiger partial charge in [0.25, 0.3) is 0 Å². The van der Waals surface area contributed by atoms with Gasteiger partial charge in [-0.1, -0.05) is 12.1 Å². The van der Waals surface area contributed by atoms with Gasteiger partial charge in [-0.3, -0.25) is 0 Å². The first-order valence-electron chi connectivity index (χ1n) is 5.58. The van der Waals surface area contributed by atoms with Crippen LogP contribution in [0.5, 0.6) is 5.75 Å². The van der Waals surface area contributed by atoms with Crippen LogP contribution < -0.4 is 4.74 Å². The van der Waals surface area contributed by atoms with Crippen molar-refractivity contribution in [3.05, 3.63) is 34.9 Å². The summed E-state index contributed by atoms with van der Waals surface area (Å²) in [6.45, 7) is 7.37. The van der Waals surface area contributed by atoms with Crippen molar-refractivity contribution in [2.45, 2.75) is 33.3 Å². The summed E-state index contributed by atoms with van der Waals surface area (Å²) < 4.78 is 5.69. The second-order valence-electron chi connectivity index (χ2n) is 4.64. The average Bonchev–Trinajstić information content (AvgIpc) is 2.25. The summed E-state index contributed by atoms with van der Waals surface area (Å²) >= 11 is 0. The molecule has 17 heavy (non-hydrogen) atoms. The van der Waals surface area contributed by atoms with Gasteiger partial charge in [0.15, 0.2) is 0 Å². The first kappa shape index (κ1) is 11.7. The summed E-state index contributed by atoms with van der Waals surface area (Å²) in [5.74, 6) is -0.306. The zero-order valence-electron chi connectivity index (χ0n) is 10.5. The Labute approximate surface area is 101 Å². The predicted octanol–water partition coefficient (Wildman–Crippen LogP) is 3.02. The summed E-state index contributed by atoms with van der Waals surface area (Å²) in [5.41, 5.74) is 2.61. The van der Waals surface area contributed by atoms with E-state index in [-0.39, 0.29) is 0 Å². The SMILES string of the molecule is CC1=C(C)C(C)(C(=O)O)Oc2cccc(C)c21. The maximum Gasteiger partial charge on any atom is 0.352 e. The first-order chi connectivity index (χ1) is 7.88. The Morgan fingerprint density at radius 3 is 2.53 bits per heavy atom. The number of carboxylic acid groups (broad SMARTS) is 1. The summed E-state index contributed by atoms with van der Waals surface area (Å²) in [5, 5.41) is 9.32. The molecule has 0 aromatic heterocycles. The molecule has 0 radical (unpaired) electrons. The maximum atomic E-state index is 11.4. The molecule has 0 bridgehead atoms. The minimum atomic E-state index is -1.26. The summed E-state index contributed by atoms with van der Waals surface area (Å²) in [6, 6.07) is 5.70. The zero-order chi connectivity index (χ0) is 12.8. The Bertz CT molecular complexity index is 528. The lowest BCUT2D eigenvalue weighted by atomic mass is 9.85. The third-order valence-electron chi connectivity index (χ3n) is 3.61. The molecule has 0 aliphatic carbocycles. The summed E-state index contributed by atoms with van der Waals surface area (Å²) in [6.07, 6.45) is 0. The number of rotatable bonds is 1. The Kier molecular flexibility index (Phi) is 2.49. The van der Waals surface area contributed by atoms with Crippen LogP contribution >= 0.6 is 0 Å². The van der Waals surface area contributed by atoms with Gasteiger partial charge in [-0.05, 0) is 50.5 Å². The van der Waals surface area contributed by atoms with Gasteiger partial charge in [0.2, 0.25) is 5.60 Å². The van der Waals surface area contributed by atoms with Gasteiger partial charge in [0.1, 0.15) is 5.75 Å². The molecule has 1 N–H and O–H groups in total. The lowest BCUT2D eigenvalue weighted by Crippen LogP contribution is -2.44. The quantitative estimate of drug-likeness (QED) is 0.809. The number of allylic oxidation sites excluding steroid dienone is 1. The van der Waals surface area contributed by atoms with Gasteiger partial charge >= 0.3 is 5.97 Å². The van der Waals surface area contributed by atoms with E-state index in [4.69, 9.17) is 4.74 Å². The highest BCUT2D eigenvalue weighted by molar-refractivity contribution is 5.89. The van der Waals surface area contributed by atoms with Crippen LogP contribution in [0.1, 0.15) is 31.9 Å². The second kappa shape index (κ2) is 3.62. The highest BCUT2D eigenvalue weighted by Crippen LogP contribution is 2.41. The average molecular weight is 232 g/mol. The maximum absolute atomic E-state index is 11.4. The third kappa shape index (κ3) is 1.54. The largest absolute Gasteiger partial charge is 0.478 e. The minimum Gasteiger partial charge on any atom is -0.478 e. The second-order valence-corrected chi connectivity index (χ2v) is 4.64. The molecule has 1 aromatic rings. The van der Waals surface area contributed by atoms with Crippen molar-refractivity contribution in [3.8, 4) is 5.75 Å². The Morgan fingerprint density at radius 1 is 1.29 bits per heavy atom. The first-order valence-corrected chi connectivity index (χ1v) is 5.58. The molecular weight excluding hydrogens is 216 g/mol. The molecule has 0 saturated carbocycles. The Balaban J connectivity index is 2.71. The molecule has 1 aliphatic rings. The normalized spacial score (nSPS) is 23.1. The van der Waals surface area contributed by atoms with E-state index in [1.54, 1.807) is 6.92 Å². The molecule has 0 fully saturated rings. The smallest absolute Gasteiger partial charge is 0.352 e. The molecule has 2 rings (SSSR count). The fourth-order valence-corrected chi connectivity index (χ4v) is 2.25. The molecular formula is C14H16O3. The molecule has 90 valence electrons. The lowest BCUT2D eigenvalue weighted by molar-refractivity contribution is -0.150. The number of carbonyl (C=O) groups is 1. The third-order valence-corrected chi connectivity index (χ3v) is 3.61. The van der Waals surface area contributed by atoms with Crippen LogP contribution in [0.25, 0.3) is 5.57 Å². The number of benzene rings is 1. The molecule has 3 heteroatoms. The van der Waals surface area contributed by atoms with Crippen LogP contribution in [0.3, 0.4) is 0 Å². The van der Waals surface area contributed by atoms with Crippen molar-refractivity contribution in [1.82, 2.24) is 0 Å². The Morgan fingerprint density at radius 2 is 1.94 bits per heavy atom. The molecule has 0 spiro atoms. The van der Waals surface area contributed by atoms with Gasteiger partial charge in [-0.15, -0.1) is 0 Å². The molecule has 3 nitrogen and oxygen atoms in total. The number of aliphatic carboxylic acids is 1. The van der Waals surface area contributed by atoms with E-state index in [0.717, 1.165) is 22.3 Å². The van der Waals surface area contributed by atoms with E-state index in [1.807, 2.05) is 39.0 Å². The van der Waals surface area contributed by atoms with Crippen LogP contribution in [0, 0.1) is 6.92 Å². The monoisotopic (exact) mass is 232 g/mol. The van der Waals surface area contributed by atoms with Gasteiger partial charge in [-0.25, -0.2) is 4.79 Å². The van der Waals surface area contributed by atoms with Crippen LogP contribution in [0.4, 0.5) is 0 Å². The van der Waals surface area contributed by atoms with Gasteiger partial charge in [0, 0.05) is 5.56 Å². The highest BCUT2D eigenvalue weighted by atomic mass is 16.5. The van der Waals surface area contributed by atoms with Crippen molar-refractivity contribution >= 4 is 11.5 Å². The fraction of sp³-hybridized carbons (Fsp3) is 0.357. The van der Waals surface area contributed by atoms with E-state index >= 15 is 0 Å². The van der Waals surface area contributed by atoms with Crippen molar-refractivity contribution in [2.24, 2.45) is 0 Å². The number of hydrogen-bond acceptors (Lipinski definition) is 2. The molecule has 1 atom stereocenters. The van der Waals surface area contributed by atoms with Crippen LogP contribution in [-0.2, 0) is 4.79 Å². The predicted molar refractivity (Wildman–Crippen MR) is 66.1 cm³/mol. The molecule has 0 saturated heterocycles. The molecule has 1 unspecified atom stereocenters. The van der Waals surface area contributed by atoms with Gasteiger partial charge < -0.3 is 9.84 Å². The van der Waals surface area contributed by atoms with E-state index < -0.39 is 11.6 Å². The van der Waals surface area contributed by atoms with E-state index in [0.29, 0.717) is 5.75 Å². The summed E-state index contributed by atoms with van der Waals surface area (Å²) in [4.78, 5) is 11.4. The lowest BCUT2D eigenvalue weighted by Gasteiger charge is -2.34. The molecule has 1 heterocycles. The highest BCUT2D eigenvalue weighted by Gasteiger charge is 2.42. The standard InChI is InChI=1S/C14H16O3/c1-8-6-5-7-11-12(8)9(2)10(3)14(4,17-11)13(15)16/h5-7H,1-4H3,(H,15,16). The van der Waals surface area contributed by atoms with E-state index in [2.05, 4.69) is 0 Å². The minimum absolute atomic E-state index is 0.651. The van der Waals surface area contributed by atoms with E-state index in [1.165, 1.54) is 0 Å². The number of fused-ring (bicyclic) bond motifs is 1. The van der Waals surface area contributed by atoms with E-state index in [9.17, 15) is 9.90 Å². The van der Waals surface area contributed by atoms with Crippen molar-refractivity contribution in [1.29, 1.82) is 0 Å². The van der Waals surface area contributed by atoms with Gasteiger partial charge in [0.05, 0.1) is 0 Å². The topological polar surface area (TPSA) is 46.5 Å². The number of ether oxygens (including phenoxy) is 1. The zero-order valence-corrected chi connectivity index (χ0v) is 10.5. The molecule has 1 aromatic carbocycles. The Hall–Kier alpha value is -1.77. The number of hydrogen-bond donors (Lipinski definition) is 1. The number of aryl methyl sites for hydroxylation is 1. The molecule has 0 amide bonds. The van der Waals surface area contributed by atoms with Crippen LogP contribution in [0.15, 0.2) is 23.8 Å². The molecule has 1 aliphatic heterocycles. The van der Waals surface area contributed by atoms with Crippen LogP contribution in [-0.4, -0.2) is 16.7 Å². The number of carboxylic acids is 1. The van der Waals surface area contributed by atoms with Crippen molar-refractivity contribution in [2.75, 3.05) is 0 Å². The van der Waals surface area contributed by atoms with Gasteiger partial charge in [-0.2, -0.15) is 0 Å². The van der Waals surface area contributed by atoms with Crippen molar-refractivity contribution in [3.63, 3.8) is 0 Å². The van der Waals surface area contributed by atoms with Crippen molar-refractivity contribution < 1.29 is 14.6 Å². The summed E-state index contributed by atoms with van der Waals surface area (Å²) in [7, 11) is 0. The van der Waals surface area contributed by atoms with Crippen LogP contribution in [0.2, 0.25) is 0 Å².